The zero-order chi connectivity index (χ0) is 13.2. The number of aromatic hydroxyl groups is 1. The van der Waals surface area contributed by atoms with Crippen LogP contribution in [-0.4, -0.2) is 23.3 Å². The minimum Gasteiger partial charge on any atom is -0.502 e. The Labute approximate surface area is 98.7 Å². The first-order valence-corrected chi connectivity index (χ1v) is 5.06. The first kappa shape index (κ1) is 13.3. The summed E-state index contributed by atoms with van der Waals surface area (Å²) in [6, 6.07) is 2.55. The maximum atomic E-state index is 13.3. The lowest BCUT2D eigenvalue weighted by Gasteiger charge is -2.19. The molecule has 0 unspecified atom stereocenters. The third kappa shape index (κ3) is 2.87. The second-order valence-corrected chi connectivity index (χ2v) is 4.49. The molecule has 0 aliphatic rings. The molecule has 0 aliphatic heterocycles. The maximum Gasteiger partial charge on any atom is 0.309 e. The van der Waals surface area contributed by atoms with E-state index in [2.05, 4.69) is 0 Å². The summed E-state index contributed by atoms with van der Waals surface area (Å²) in [6.45, 7) is 3.10. The van der Waals surface area contributed by atoms with Crippen molar-refractivity contribution in [3.8, 4) is 11.5 Å². The quantitative estimate of drug-likeness (QED) is 0.849. The zero-order valence-electron chi connectivity index (χ0n) is 9.95. The van der Waals surface area contributed by atoms with Crippen LogP contribution in [0.1, 0.15) is 19.4 Å². The Balaban J connectivity index is 3.09. The highest BCUT2D eigenvalue weighted by atomic mass is 19.1. The SMILES string of the molecule is COc1cc(CC(C)(C)C(=O)O)cc(F)c1O. The van der Waals surface area contributed by atoms with Gasteiger partial charge < -0.3 is 14.9 Å². The molecule has 0 radical (unpaired) electrons. The van der Waals surface area contributed by atoms with Gasteiger partial charge in [0.15, 0.2) is 17.3 Å². The van der Waals surface area contributed by atoms with Crippen LogP contribution in [0.15, 0.2) is 12.1 Å². The van der Waals surface area contributed by atoms with Gasteiger partial charge in [0.05, 0.1) is 12.5 Å². The van der Waals surface area contributed by atoms with E-state index in [1.807, 2.05) is 0 Å². The summed E-state index contributed by atoms with van der Waals surface area (Å²) in [4.78, 5) is 11.0. The van der Waals surface area contributed by atoms with Gasteiger partial charge in [0.25, 0.3) is 0 Å². The molecule has 0 bridgehead atoms. The molecule has 2 N–H and O–H groups in total. The first-order chi connectivity index (χ1) is 7.77. The van der Waals surface area contributed by atoms with Gasteiger partial charge >= 0.3 is 5.97 Å². The highest BCUT2D eigenvalue weighted by Gasteiger charge is 2.28. The second-order valence-electron chi connectivity index (χ2n) is 4.49. The number of aliphatic carboxylic acids is 1. The van der Waals surface area contributed by atoms with Gasteiger partial charge in [-0.15, -0.1) is 0 Å². The predicted molar refractivity (Wildman–Crippen MR) is 59.7 cm³/mol. The van der Waals surface area contributed by atoms with Crippen molar-refractivity contribution in [3.05, 3.63) is 23.5 Å². The average molecular weight is 242 g/mol. The van der Waals surface area contributed by atoms with Crippen LogP contribution in [0.5, 0.6) is 11.5 Å². The third-order valence-electron chi connectivity index (χ3n) is 2.53. The number of halogens is 1. The van der Waals surface area contributed by atoms with Crippen LogP contribution in [0.25, 0.3) is 0 Å². The van der Waals surface area contributed by atoms with Crippen molar-refractivity contribution in [2.45, 2.75) is 20.3 Å². The largest absolute Gasteiger partial charge is 0.502 e. The number of benzene rings is 1. The molecule has 5 heteroatoms. The molecule has 0 atom stereocenters. The lowest BCUT2D eigenvalue weighted by molar-refractivity contribution is -0.146. The molecule has 0 saturated carbocycles. The van der Waals surface area contributed by atoms with Crippen LogP contribution in [-0.2, 0) is 11.2 Å². The number of hydrogen-bond acceptors (Lipinski definition) is 3. The van der Waals surface area contributed by atoms with E-state index in [4.69, 9.17) is 9.84 Å². The van der Waals surface area contributed by atoms with Gasteiger partial charge in [-0.1, -0.05) is 0 Å². The molecule has 0 aliphatic carbocycles. The number of rotatable bonds is 4. The average Bonchev–Trinajstić information content (AvgIpc) is 2.22. The summed E-state index contributed by atoms with van der Waals surface area (Å²) in [5.41, 5.74) is -0.543. The summed E-state index contributed by atoms with van der Waals surface area (Å²) < 4.78 is 18.1. The molecule has 0 aromatic heterocycles. The van der Waals surface area contributed by atoms with Gasteiger partial charge in [0.2, 0.25) is 0 Å². The van der Waals surface area contributed by atoms with Crippen molar-refractivity contribution in [1.29, 1.82) is 0 Å². The first-order valence-electron chi connectivity index (χ1n) is 5.06. The summed E-state index contributed by atoms with van der Waals surface area (Å²) in [6.07, 6.45) is 0.149. The fourth-order valence-corrected chi connectivity index (χ4v) is 1.47. The van der Waals surface area contributed by atoms with E-state index in [0.717, 1.165) is 6.07 Å². The Morgan fingerprint density at radius 1 is 1.47 bits per heavy atom. The Morgan fingerprint density at radius 2 is 2.06 bits per heavy atom. The molecular formula is C12H15FO4. The topological polar surface area (TPSA) is 66.8 Å². The molecule has 0 heterocycles. The molecule has 1 rings (SSSR count). The fraction of sp³-hybridized carbons (Fsp3) is 0.417. The number of carboxylic acids is 1. The molecular weight excluding hydrogens is 227 g/mol. The summed E-state index contributed by atoms with van der Waals surface area (Å²) in [7, 11) is 1.31. The van der Waals surface area contributed by atoms with Crippen LogP contribution in [0.2, 0.25) is 0 Å². The van der Waals surface area contributed by atoms with Gasteiger partial charge in [0, 0.05) is 0 Å². The molecule has 0 fully saturated rings. The fourth-order valence-electron chi connectivity index (χ4n) is 1.47. The van der Waals surface area contributed by atoms with Crippen molar-refractivity contribution in [2.75, 3.05) is 7.11 Å². The van der Waals surface area contributed by atoms with E-state index in [9.17, 15) is 14.3 Å². The van der Waals surface area contributed by atoms with Gasteiger partial charge in [-0.2, -0.15) is 0 Å². The standard InChI is InChI=1S/C12H15FO4/c1-12(2,11(15)16)6-7-4-8(13)10(14)9(5-7)17-3/h4-5,14H,6H2,1-3H3,(H,15,16). The van der Waals surface area contributed by atoms with Gasteiger partial charge in [-0.3, -0.25) is 4.79 Å². The monoisotopic (exact) mass is 242 g/mol. The summed E-state index contributed by atoms with van der Waals surface area (Å²) >= 11 is 0. The zero-order valence-corrected chi connectivity index (χ0v) is 9.95. The highest BCUT2D eigenvalue weighted by Crippen LogP contribution is 2.32. The molecule has 1 aromatic carbocycles. The van der Waals surface area contributed by atoms with Crippen LogP contribution < -0.4 is 4.74 Å². The third-order valence-corrected chi connectivity index (χ3v) is 2.53. The van der Waals surface area contributed by atoms with E-state index >= 15 is 0 Å². The van der Waals surface area contributed by atoms with Gasteiger partial charge in [-0.25, -0.2) is 4.39 Å². The van der Waals surface area contributed by atoms with Crippen LogP contribution in [0.3, 0.4) is 0 Å². The Kier molecular flexibility index (Phi) is 3.60. The number of carboxylic acid groups (broad SMARTS) is 1. The van der Waals surface area contributed by atoms with Crippen molar-refractivity contribution >= 4 is 5.97 Å². The van der Waals surface area contributed by atoms with Crippen molar-refractivity contribution < 1.29 is 24.1 Å². The molecule has 17 heavy (non-hydrogen) atoms. The van der Waals surface area contributed by atoms with Gasteiger partial charge in [0.1, 0.15) is 0 Å². The Morgan fingerprint density at radius 3 is 2.53 bits per heavy atom. The van der Waals surface area contributed by atoms with Crippen molar-refractivity contribution in [1.82, 2.24) is 0 Å². The maximum absolute atomic E-state index is 13.3. The molecule has 4 nitrogen and oxygen atoms in total. The minimum atomic E-state index is -1.01. The van der Waals surface area contributed by atoms with E-state index in [1.54, 1.807) is 13.8 Å². The minimum absolute atomic E-state index is 0.00110. The second kappa shape index (κ2) is 4.61. The van der Waals surface area contributed by atoms with Crippen molar-refractivity contribution in [2.24, 2.45) is 5.41 Å². The predicted octanol–water partition coefficient (Wildman–Crippen LogP) is 2.19. The normalized spacial score (nSPS) is 11.3. The highest BCUT2D eigenvalue weighted by molar-refractivity contribution is 5.74. The lowest BCUT2D eigenvalue weighted by Crippen LogP contribution is -2.26. The number of phenols is 1. The summed E-state index contributed by atoms with van der Waals surface area (Å²) in [5, 5.41) is 18.3. The van der Waals surface area contributed by atoms with Crippen LogP contribution in [0, 0.1) is 11.2 Å². The number of hydrogen-bond donors (Lipinski definition) is 2. The molecule has 94 valence electrons. The smallest absolute Gasteiger partial charge is 0.309 e. The molecule has 0 amide bonds. The Hall–Kier alpha value is -1.78. The van der Waals surface area contributed by atoms with E-state index < -0.39 is 23.0 Å². The van der Waals surface area contributed by atoms with E-state index in [-0.39, 0.29) is 12.2 Å². The number of ether oxygens (including phenoxy) is 1. The van der Waals surface area contributed by atoms with Crippen LogP contribution in [0.4, 0.5) is 4.39 Å². The molecule has 1 aromatic rings. The van der Waals surface area contributed by atoms with Gasteiger partial charge in [-0.05, 0) is 38.0 Å². The lowest BCUT2D eigenvalue weighted by atomic mass is 9.86. The Bertz CT molecular complexity index is 440. The summed E-state index contributed by atoms with van der Waals surface area (Å²) in [5.74, 6) is -2.35. The van der Waals surface area contributed by atoms with Crippen molar-refractivity contribution in [3.63, 3.8) is 0 Å². The van der Waals surface area contributed by atoms with Crippen LogP contribution >= 0.6 is 0 Å². The molecule has 0 spiro atoms. The van der Waals surface area contributed by atoms with E-state index in [1.165, 1.54) is 13.2 Å². The molecule has 0 saturated heterocycles. The number of carbonyl (C=O) groups is 1. The van der Waals surface area contributed by atoms with E-state index in [0.29, 0.717) is 5.56 Å². The number of methoxy groups -OCH3 is 1. The number of phenolic OH excluding ortho intramolecular Hbond substituents is 1.